The third kappa shape index (κ3) is 2.63. The molecule has 0 aliphatic carbocycles. The lowest BCUT2D eigenvalue weighted by Crippen LogP contribution is -2.18. The number of hydrogen-bond donors (Lipinski definition) is 1. The number of halogens is 1. The maximum Gasteiger partial charge on any atom is 0.335 e. The zero-order chi connectivity index (χ0) is 13.2. The van der Waals surface area contributed by atoms with Crippen molar-refractivity contribution in [1.29, 1.82) is 0 Å². The summed E-state index contributed by atoms with van der Waals surface area (Å²) in [5.74, 6) is -2.32. The number of sulfone groups is 1. The second-order valence-electron chi connectivity index (χ2n) is 3.71. The number of carboxylic acid groups (broad SMARTS) is 1. The molecule has 0 amide bonds. The lowest BCUT2D eigenvalue weighted by molar-refractivity contribution is 0.0696. The highest BCUT2D eigenvalue weighted by molar-refractivity contribution is 7.92. The second kappa shape index (κ2) is 4.83. The fourth-order valence-corrected chi connectivity index (χ4v) is 2.76. The summed E-state index contributed by atoms with van der Waals surface area (Å²) in [7, 11) is -3.73. The molecule has 0 fully saturated rings. The smallest absolute Gasteiger partial charge is 0.335 e. The molecule has 0 aromatic heterocycles. The van der Waals surface area contributed by atoms with Gasteiger partial charge in [-0.05, 0) is 31.5 Å². The monoisotopic (exact) mass is 260 g/mol. The van der Waals surface area contributed by atoms with Gasteiger partial charge in [0, 0.05) is 0 Å². The molecule has 1 N–H and O–H groups in total. The summed E-state index contributed by atoms with van der Waals surface area (Å²) < 4.78 is 37.3. The van der Waals surface area contributed by atoms with E-state index in [0.717, 1.165) is 18.2 Å². The van der Waals surface area contributed by atoms with Crippen LogP contribution in [0.2, 0.25) is 0 Å². The molecule has 1 aromatic carbocycles. The standard InChI is InChI=1S/C11H13FO4S/c1-3-7(2)17(15,16)10-5-4-8(11(13)14)6-9(10)12/h4-7H,3H2,1-2H3,(H,13,14). The first kappa shape index (κ1) is 13.6. The Hall–Kier alpha value is -1.43. The summed E-state index contributed by atoms with van der Waals surface area (Å²) >= 11 is 0. The summed E-state index contributed by atoms with van der Waals surface area (Å²) in [6, 6.07) is 2.80. The molecule has 0 aliphatic heterocycles. The van der Waals surface area contributed by atoms with Gasteiger partial charge in [0.05, 0.1) is 10.8 Å². The Labute approximate surface area is 99.0 Å². The van der Waals surface area contributed by atoms with Crippen LogP contribution in [0.5, 0.6) is 0 Å². The third-order valence-corrected chi connectivity index (χ3v) is 4.93. The Bertz CT molecular complexity index is 536. The fraction of sp³-hybridized carbons (Fsp3) is 0.364. The lowest BCUT2D eigenvalue weighted by Gasteiger charge is -2.11. The van der Waals surface area contributed by atoms with E-state index in [0.29, 0.717) is 6.42 Å². The average Bonchev–Trinajstić information content (AvgIpc) is 2.27. The van der Waals surface area contributed by atoms with E-state index in [9.17, 15) is 17.6 Å². The van der Waals surface area contributed by atoms with Crippen LogP contribution in [0.4, 0.5) is 4.39 Å². The highest BCUT2D eigenvalue weighted by Crippen LogP contribution is 2.22. The molecular formula is C11H13FO4S. The topological polar surface area (TPSA) is 71.4 Å². The summed E-state index contributed by atoms with van der Waals surface area (Å²) in [5.41, 5.74) is -0.273. The van der Waals surface area contributed by atoms with Crippen molar-refractivity contribution in [3.05, 3.63) is 29.6 Å². The van der Waals surface area contributed by atoms with Gasteiger partial charge in [0.25, 0.3) is 0 Å². The van der Waals surface area contributed by atoms with Crippen LogP contribution >= 0.6 is 0 Å². The Morgan fingerprint density at radius 2 is 2.06 bits per heavy atom. The molecule has 4 nitrogen and oxygen atoms in total. The van der Waals surface area contributed by atoms with Crippen LogP contribution in [0.25, 0.3) is 0 Å². The summed E-state index contributed by atoms with van der Waals surface area (Å²) in [6.45, 7) is 3.17. The van der Waals surface area contributed by atoms with E-state index in [2.05, 4.69) is 0 Å². The molecule has 0 saturated heterocycles. The molecule has 0 radical (unpaired) electrons. The van der Waals surface area contributed by atoms with Crippen molar-refractivity contribution in [2.75, 3.05) is 0 Å². The normalized spacial score (nSPS) is 13.4. The zero-order valence-corrected chi connectivity index (χ0v) is 10.3. The van der Waals surface area contributed by atoms with Crippen LogP contribution in [0, 0.1) is 5.82 Å². The van der Waals surface area contributed by atoms with Gasteiger partial charge >= 0.3 is 5.97 Å². The van der Waals surface area contributed by atoms with Gasteiger partial charge in [0.2, 0.25) is 0 Å². The predicted molar refractivity (Wildman–Crippen MR) is 60.3 cm³/mol. The van der Waals surface area contributed by atoms with E-state index in [1.807, 2.05) is 0 Å². The predicted octanol–water partition coefficient (Wildman–Crippen LogP) is 2.10. The van der Waals surface area contributed by atoms with Gasteiger partial charge in [0.1, 0.15) is 10.7 Å². The second-order valence-corrected chi connectivity index (χ2v) is 6.05. The largest absolute Gasteiger partial charge is 0.478 e. The molecule has 94 valence electrons. The molecular weight excluding hydrogens is 247 g/mol. The van der Waals surface area contributed by atoms with Gasteiger partial charge in [-0.1, -0.05) is 6.92 Å². The van der Waals surface area contributed by atoms with Crippen molar-refractivity contribution >= 4 is 15.8 Å². The Morgan fingerprint density at radius 3 is 2.47 bits per heavy atom. The molecule has 1 rings (SSSR count). The number of hydrogen-bond acceptors (Lipinski definition) is 3. The number of carbonyl (C=O) groups is 1. The third-order valence-electron chi connectivity index (χ3n) is 2.59. The van der Waals surface area contributed by atoms with Crippen molar-refractivity contribution in [3.8, 4) is 0 Å². The van der Waals surface area contributed by atoms with Gasteiger partial charge in [-0.3, -0.25) is 0 Å². The van der Waals surface area contributed by atoms with Crippen molar-refractivity contribution in [2.45, 2.75) is 30.4 Å². The van der Waals surface area contributed by atoms with Gasteiger partial charge in [-0.2, -0.15) is 0 Å². The fourth-order valence-electron chi connectivity index (χ4n) is 1.30. The van der Waals surface area contributed by atoms with E-state index in [1.54, 1.807) is 6.92 Å². The van der Waals surface area contributed by atoms with Gasteiger partial charge in [0.15, 0.2) is 9.84 Å². The Morgan fingerprint density at radius 1 is 1.47 bits per heavy atom. The zero-order valence-electron chi connectivity index (χ0n) is 9.47. The SMILES string of the molecule is CCC(C)S(=O)(=O)c1ccc(C(=O)O)cc1F. The molecule has 6 heteroatoms. The minimum Gasteiger partial charge on any atom is -0.478 e. The first-order chi connectivity index (χ1) is 7.80. The number of carboxylic acids is 1. The highest BCUT2D eigenvalue weighted by Gasteiger charge is 2.25. The maximum atomic E-state index is 13.6. The van der Waals surface area contributed by atoms with Crippen LogP contribution < -0.4 is 0 Å². The Balaban J connectivity index is 3.31. The molecule has 1 atom stereocenters. The molecule has 17 heavy (non-hydrogen) atoms. The lowest BCUT2D eigenvalue weighted by atomic mass is 10.2. The average molecular weight is 260 g/mol. The van der Waals surface area contributed by atoms with Gasteiger partial charge in [-0.15, -0.1) is 0 Å². The van der Waals surface area contributed by atoms with E-state index < -0.39 is 31.8 Å². The molecule has 0 bridgehead atoms. The molecule has 0 saturated carbocycles. The van der Waals surface area contributed by atoms with Crippen LogP contribution in [-0.4, -0.2) is 24.7 Å². The van der Waals surface area contributed by atoms with E-state index in [1.165, 1.54) is 6.92 Å². The van der Waals surface area contributed by atoms with E-state index in [4.69, 9.17) is 5.11 Å². The van der Waals surface area contributed by atoms with Crippen molar-refractivity contribution < 1.29 is 22.7 Å². The molecule has 1 unspecified atom stereocenters. The first-order valence-electron chi connectivity index (χ1n) is 5.07. The summed E-state index contributed by atoms with van der Waals surface area (Å²) in [6.07, 6.45) is 0.364. The summed E-state index contributed by atoms with van der Waals surface area (Å²) in [4.78, 5) is 10.1. The molecule has 0 heterocycles. The van der Waals surface area contributed by atoms with Crippen molar-refractivity contribution in [3.63, 3.8) is 0 Å². The van der Waals surface area contributed by atoms with Crippen molar-refractivity contribution in [1.82, 2.24) is 0 Å². The number of benzene rings is 1. The van der Waals surface area contributed by atoms with E-state index in [-0.39, 0.29) is 5.56 Å². The van der Waals surface area contributed by atoms with Crippen LogP contribution in [-0.2, 0) is 9.84 Å². The Kier molecular flexibility index (Phi) is 3.87. The van der Waals surface area contributed by atoms with Crippen LogP contribution in [0.15, 0.2) is 23.1 Å². The summed E-state index contributed by atoms with van der Waals surface area (Å²) in [5, 5.41) is 7.94. The first-order valence-corrected chi connectivity index (χ1v) is 6.62. The minimum atomic E-state index is -3.73. The van der Waals surface area contributed by atoms with Gasteiger partial charge < -0.3 is 5.11 Å². The maximum absolute atomic E-state index is 13.6. The van der Waals surface area contributed by atoms with E-state index >= 15 is 0 Å². The minimum absolute atomic E-state index is 0.273. The molecule has 0 aliphatic rings. The highest BCUT2D eigenvalue weighted by atomic mass is 32.2. The molecule has 1 aromatic rings. The van der Waals surface area contributed by atoms with Crippen LogP contribution in [0.1, 0.15) is 30.6 Å². The number of aromatic carboxylic acids is 1. The van der Waals surface area contributed by atoms with Crippen molar-refractivity contribution in [2.24, 2.45) is 0 Å². The van der Waals surface area contributed by atoms with Gasteiger partial charge in [-0.25, -0.2) is 17.6 Å². The molecule has 0 spiro atoms. The number of rotatable bonds is 4. The van der Waals surface area contributed by atoms with Crippen LogP contribution in [0.3, 0.4) is 0 Å². The quantitative estimate of drug-likeness (QED) is 0.899.